The number of carbonyl (C=O) groups is 1. The maximum Gasteiger partial charge on any atom is 0.311 e. The second kappa shape index (κ2) is 5.68. The van der Waals surface area contributed by atoms with Crippen molar-refractivity contribution in [3.8, 4) is 0 Å². The fourth-order valence-electron chi connectivity index (χ4n) is 0.995. The minimum atomic E-state index is -0.236. The highest BCUT2D eigenvalue weighted by Gasteiger charge is 2.13. The van der Waals surface area contributed by atoms with E-state index in [0.29, 0.717) is 0 Å². The number of thioether (sulfide) groups is 1. The van der Waals surface area contributed by atoms with Gasteiger partial charge in [0.1, 0.15) is 5.01 Å². The third-order valence-electron chi connectivity index (χ3n) is 1.78. The summed E-state index contributed by atoms with van der Waals surface area (Å²) in [6.07, 6.45) is 0.271. The first-order chi connectivity index (χ1) is 7.40. The monoisotopic (exact) mass is 259 g/mol. The zero-order valence-electron chi connectivity index (χ0n) is 10.1. The van der Waals surface area contributed by atoms with E-state index in [9.17, 15) is 4.79 Å². The van der Waals surface area contributed by atoms with Crippen LogP contribution in [-0.4, -0.2) is 22.8 Å². The number of thiazole rings is 1. The molecule has 1 rings (SSSR count). The molecule has 1 aromatic rings. The molecular formula is C11H17NO2S2. The summed E-state index contributed by atoms with van der Waals surface area (Å²) in [5.74, 6) is 0.662. The van der Waals surface area contributed by atoms with Crippen LogP contribution in [0.2, 0.25) is 0 Å². The van der Waals surface area contributed by atoms with E-state index in [4.69, 9.17) is 0 Å². The molecule has 0 saturated heterocycles. The molecule has 1 heterocycles. The summed E-state index contributed by atoms with van der Waals surface area (Å²) in [6.45, 7) is 6.54. The standard InChI is InChI=1S/C11H17NO2S2/c1-11(2,3)16-7-9-12-8(6-15-9)5-10(13)14-4/h6H,5,7H2,1-4H3. The largest absolute Gasteiger partial charge is 0.469 e. The molecule has 0 aliphatic carbocycles. The first-order valence-electron chi connectivity index (χ1n) is 5.05. The maximum absolute atomic E-state index is 11.0. The molecular weight excluding hydrogens is 242 g/mol. The molecule has 3 nitrogen and oxygen atoms in total. The van der Waals surface area contributed by atoms with Gasteiger partial charge in [-0.15, -0.1) is 23.1 Å². The van der Waals surface area contributed by atoms with E-state index in [1.54, 1.807) is 11.3 Å². The van der Waals surface area contributed by atoms with Crippen LogP contribution in [0.4, 0.5) is 0 Å². The normalized spacial score (nSPS) is 11.5. The van der Waals surface area contributed by atoms with Crippen LogP contribution >= 0.6 is 23.1 Å². The van der Waals surface area contributed by atoms with Crippen molar-refractivity contribution in [3.05, 3.63) is 16.1 Å². The molecule has 90 valence electrons. The number of aromatic nitrogens is 1. The van der Waals surface area contributed by atoms with Gasteiger partial charge in [-0.05, 0) is 0 Å². The van der Waals surface area contributed by atoms with Crippen molar-refractivity contribution in [1.29, 1.82) is 0 Å². The van der Waals surface area contributed by atoms with E-state index < -0.39 is 0 Å². The predicted octanol–water partition coefficient (Wildman–Crippen LogP) is 2.89. The van der Waals surface area contributed by atoms with Gasteiger partial charge < -0.3 is 4.74 Å². The summed E-state index contributed by atoms with van der Waals surface area (Å²) in [6, 6.07) is 0. The molecule has 0 aliphatic heterocycles. The molecule has 0 bridgehead atoms. The fraction of sp³-hybridized carbons (Fsp3) is 0.636. The van der Waals surface area contributed by atoms with Gasteiger partial charge in [-0.3, -0.25) is 4.79 Å². The second-order valence-electron chi connectivity index (χ2n) is 4.39. The Morgan fingerprint density at radius 2 is 2.25 bits per heavy atom. The Morgan fingerprint density at radius 3 is 2.81 bits per heavy atom. The van der Waals surface area contributed by atoms with Gasteiger partial charge in [0.2, 0.25) is 0 Å². The molecule has 0 atom stereocenters. The molecule has 5 heteroatoms. The minimum Gasteiger partial charge on any atom is -0.469 e. The first kappa shape index (κ1) is 13.5. The second-order valence-corrected chi connectivity index (χ2v) is 7.13. The third-order valence-corrected chi connectivity index (χ3v) is 4.15. The van der Waals surface area contributed by atoms with E-state index in [2.05, 4.69) is 30.5 Å². The smallest absolute Gasteiger partial charge is 0.311 e. The summed E-state index contributed by atoms with van der Waals surface area (Å²) >= 11 is 3.46. The van der Waals surface area contributed by atoms with Gasteiger partial charge in [0.25, 0.3) is 0 Å². The van der Waals surface area contributed by atoms with Gasteiger partial charge in [-0.1, -0.05) is 20.8 Å². The van der Waals surface area contributed by atoms with Crippen LogP contribution in [0.5, 0.6) is 0 Å². The maximum atomic E-state index is 11.0. The van der Waals surface area contributed by atoms with Crippen LogP contribution in [0, 0.1) is 0 Å². The quantitative estimate of drug-likeness (QED) is 0.779. The average Bonchev–Trinajstić information content (AvgIpc) is 2.61. The molecule has 0 aromatic carbocycles. The highest BCUT2D eigenvalue weighted by atomic mass is 32.2. The van der Waals surface area contributed by atoms with E-state index >= 15 is 0 Å². The van der Waals surface area contributed by atoms with Crippen LogP contribution < -0.4 is 0 Å². The van der Waals surface area contributed by atoms with E-state index in [-0.39, 0.29) is 17.1 Å². The van der Waals surface area contributed by atoms with Crippen molar-refractivity contribution >= 4 is 29.1 Å². The molecule has 16 heavy (non-hydrogen) atoms. The molecule has 0 saturated carbocycles. The SMILES string of the molecule is COC(=O)Cc1csc(CSC(C)(C)C)n1. The first-order valence-corrected chi connectivity index (χ1v) is 6.91. The topological polar surface area (TPSA) is 39.2 Å². The molecule has 0 spiro atoms. The number of carbonyl (C=O) groups excluding carboxylic acids is 1. The number of rotatable bonds is 4. The number of nitrogens with zero attached hydrogens (tertiary/aromatic N) is 1. The number of hydrogen-bond donors (Lipinski definition) is 0. The Labute approximate surface area is 105 Å². The van der Waals surface area contributed by atoms with Gasteiger partial charge in [0.05, 0.1) is 19.2 Å². The molecule has 0 radical (unpaired) electrons. The Morgan fingerprint density at radius 1 is 1.56 bits per heavy atom. The van der Waals surface area contributed by atoms with E-state index in [1.807, 2.05) is 17.1 Å². The summed E-state index contributed by atoms with van der Waals surface area (Å²) in [5, 5.41) is 2.99. The summed E-state index contributed by atoms with van der Waals surface area (Å²) in [5.41, 5.74) is 0.807. The lowest BCUT2D eigenvalue weighted by atomic mass is 10.3. The Hall–Kier alpha value is -0.550. The van der Waals surface area contributed by atoms with Crippen molar-refractivity contribution in [1.82, 2.24) is 4.98 Å². The lowest BCUT2D eigenvalue weighted by molar-refractivity contribution is -0.139. The molecule has 0 aliphatic rings. The number of hydrogen-bond acceptors (Lipinski definition) is 5. The highest BCUT2D eigenvalue weighted by Crippen LogP contribution is 2.28. The van der Waals surface area contributed by atoms with Crippen molar-refractivity contribution in [2.24, 2.45) is 0 Å². The fourth-order valence-corrected chi connectivity index (χ4v) is 2.64. The van der Waals surface area contributed by atoms with Crippen molar-refractivity contribution in [3.63, 3.8) is 0 Å². The van der Waals surface area contributed by atoms with Gasteiger partial charge in [-0.25, -0.2) is 4.98 Å². The Balaban J connectivity index is 2.48. The van der Waals surface area contributed by atoms with E-state index in [1.165, 1.54) is 7.11 Å². The predicted molar refractivity (Wildman–Crippen MR) is 68.9 cm³/mol. The zero-order chi connectivity index (χ0) is 12.2. The minimum absolute atomic E-state index is 0.236. The molecule has 0 N–H and O–H groups in total. The van der Waals surface area contributed by atoms with Gasteiger partial charge in [-0.2, -0.15) is 0 Å². The number of esters is 1. The Bertz CT molecular complexity index is 355. The summed E-state index contributed by atoms with van der Waals surface area (Å²) < 4.78 is 4.84. The van der Waals surface area contributed by atoms with Crippen molar-refractivity contribution in [2.45, 2.75) is 37.7 Å². The van der Waals surface area contributed by atoms with Crippen LogP contribution in [-0.2, 0) is 21.7 Å². The lowest BCUT2D eigenvalue weighted by Gasteiger charge is -2.16. The van der Waals surface area contributed by atoms with Gasteiger partial charge in [0.15, 0.2) is 0 Å². The molecule has 1 aromatic heterocycles. The van der Waals surface area contributed by atoms with Crippen LogP contribution in [0.15, 0.2) is 5.38 Å². The summed E-state index contributed by atoms with van der Waals surface area (Å²) in [4.78, 5) is 15.4. The Kier molecular flexibility index (Phi) is 4.80. The van der Waals surface area contributed by atoms with Crippen LogP contribution in [0.3, 0.4) is 0 Å². The average molecular weight is 259 g/mol. The van der Waals surface area contributed by atoms with Gasteiger partial charge in [0, 0.05) is 15.9 Å². The van der Waals surface area contributed by atoms with Crippen LogP contribution in [0.1, 0.15) is 31.5 Å². The van der Waals surface area contributed by atoms with Crippen LogP contribution in [0.25, 0.3) is 0 Å². The number of ether oxygens (including phenoxy) is 1. The lowest BCUT2D eigenvalue weighted by Crippen LogP contribution is -2.07. The molecule has 0 unspecified atom stereocenters. The van der Waals surface area contributed by atoms with Crippen molar-refractivity contribution < 1.29 is 9.53 Å². The van der Waals surface area contributed by atoms with Gasteiger partial charge >= 0.3 is 5.97 Å². The third kappa shape index (κ3) is 4.99. The molecule has 0 fully saturated rings. The van der Waals surface area contributed by atoms with E-state index in [0.717, 1.165) is 16.5 Å². The summed E-state index contributed by atoms with van der Waals surface area (Å²) in [7, 11) is 1.39. The highest BCUT2D eigenvalue weighted by molar-refractivity contribution is 7.99. The number of methoxy groups -OCH3 is 1. The zero-order valence-corrected chi connectivity index (χ0v) is 11.7. The van der Waals surface area contributed by atoms with Crippen molar-refractivity contribution in [2.75, 3.05) is 7.11 Å². The molecule has 0 amide bonds.